The molecule has 0 bridgehead atoms. The van der Waals surface area contributed by atoms with Crippen LogP contribution in [0.5, 0.6) is 0 Å². The molecule has 0 aromatic heterocycles. The summed E-state index contributed by atoms with van der Waals surface area (Å²) in [6, 6.07) is 0.604. The minimum atomic E-state index is 0.267. The van der Waals surface area contributed by atoms with Crippen molar-refractivity contribution in [2.24, 2.45) is 5.92 Å². The Hall–Kier alpha value is 0.210. The Morgan fingerprint density at radius 1 is 1.38 bits per heavy atom. The predicted molar refractivity (Wildman–Crippen MR) is 70.2 cm³/mol. The lowest BCUT2D eigenvalue weighted by Crippen LogP contribution is -2.39. The van der Waals surface area contributed by atoms with Crippen LogP contribution in [0.3, 0.4) is 0 Å². The Morgan fingerprint density at radius 2 is 2.12 bits per heavy atom. The summed E-state index contributed by atoms with van der Waals surface area (Å²) >= 11 is 6.27. The third kappa shape index (κ3) is 5.51. The van der Waals surface area contributed by atoms with Gasteiger partial charge in [-0.3, -0.25) is 0 Å². The van der Waals surface area contributed by atoms with E-state index < -0.39 is 0 Å². The first-order chi connectivity index (χ1) is 7.61. The summed E-state index contributed by atoms with van der Waals surface area (Å²) in [6.07, 6.45) is 6.44. The van der Waals surface area contributed by atoms with E-state index in [-0.39, 0.29) is 5.38 Å². The molecular weight excluding hydrogens is 222 g/mol. The zero-order valence-electron chi connectivity index (χ0n) is 10.8. The summed E-state index contributed by atoms with van der Waals surface area (Å²) in [5, 5.41) is 3.85. The molecule has 3 heteroatoms. The second kappa shape index (κ2) is 7.52. The second-order valence-electron chi connectivity index (χ2n) is 5.36. The number of rotatable bonds is 6. The largest absolute Gasteiger partial charge is 0.381 e. The first-order valence-corrected chi connectivity index (χ1v) is 6.95. The zero-order chi connectivity index (χ0) is 12.0. The van der Waals surface area contributed by atoms with E-state index in [1.807, 2.05) is 7.11 Å². The smallest absolute Gasteiger partial charge is 0.0586 e. The molecule has 96 valence electrons. The second-order valence-corrected chi connectivity index (χ2v) is 5.97. The van der Waals surface area contributed by atoms with Crippen molar-refractivity contribution in [3.63, 3.8) is 0 Å². The quantitative estimate of drug-likeness (QED) is 0.728. The van der Waals surface area contributed by atoms with Gasteiger partial charge in [-0.05, 0) is 38.0 Å². The number of nitrogens with one attached hydrogen (secondary N) is 1. The van der Waals surface area contributed by atoms with Gasteiger partial charge < -0.3 is 10.1 Å². The molecule has 0 spiro atoms. The van der Waals surface area contributed by atoms with Crippen molar-refractivity contribution < 1.29 is 4.74 Å². The number of ether oxygens (including phenoxy) is 1. The average Bonchev–Trinajstić information content (AvgIpc) is 2.26. The molecule has 1 N–H and O–H groups in total. The summed E-state index contributed by atoms with van der Waals surface area (Å²) in [5.41, 5.74) is 0. The first-order valence-electron chi connectivity index (χ1n) is 6.52. The fourth-order valence-electron chi connectivity index (χ4n) is 2.43. The van der Waals surface area contributed by atoms with Crippen molar-refractivity contribution in [3.05, 3.63) is 0 Å². The zero-order valence-corrected chi connectivity index (χ0v) is 11.6. The van der Waals surface area contributed by atoms with Crippen LogP contribution in [0.2, 0.25) is 0 Å². The van der Waals surface area contributed by atoms with E-state index in [2.05, 4.69) is 19.2 Å². The van der Waals surface area contributed by atoms with Crippen LogP contribution in [0.1, 0.15) is 46.0 Å². The number of methoxy groups -OCH3 is 1. The molecule has 3 unspecified atom stereocenters. The topological polar surface area (TPSA) is 21.3 Å². The lowest BCUT2D eigenvalue weighted by molar-refractivity contribution is 0.0589. The Balaban J connectivity index is 2.16. The normalized spacial score (nSPS) is 28.3. The predicted octanol–water partition coefficient (Wildman–Crippen LogP) is 3.19. The van der Waals surface area contributed by atoms with E-state index in [0.717, 1.165) is 19.4 Å². The molecule has 0 aromatic carbocycles. The standard InChI is InChI=1S/C13H26ClNO/c1-10(2)7-11(14)9-15-12-5-4-6-13(8-12)16-3/h10-13,15H,4-9H2,1-3H3. The van der Waals surface area contributed by atoms with Crippen molar-refractivity contribution in [2.75, 3.05) is 13.7 Å². The van der Waals surface area contributed by atoms with Crippen LogP contribution < -0.4 is 5.32 Å². The van der Waals surface area contributed by atoms with Gasteiger partial charge in [-0.25, -0.2) is 0 Å². The van der Waals surface area contributed by atoms with Gasteiger partial charge in [-0.15, -0.1) is 11.6 Å². The Kier molecular flexibility index (Phi) is 6.71. The number of hydrogen-bond acceptors (Lipinski definition) is 2. The fraction of sp³-hybridized carbons (Fsp3) is 1.00. The number of halogens is 1. The van der Waals surface area contributed by atoms with E-state index in [1.165, 1.54) is 19.3 Å². The van der Waals surface area contributed by atoms with Gasteiger partial charge in [0.1, 0.15) is 0 Å². The SMILES string of the molecule is COC1CCCC(NCC(Cl)CC(C)C)C1. The van der Waals surface area contributed by atoms with E-state index >= 15 is 0 Å². The molecule has 1 aliphatic carbocycles. The molecule has 1 fully saturated rings. The molecule has 0 amide bonds. The van der Waals surface area contributed by atoms with Crippen LogP contribution in [0.25, 0.3) is 0 Å². The van der Waals surface area contributed by atoms with Gasteiger partial charge >= 0.3 is 0 Å². The van der Waals surface area contributed by atoms with E-state index in [9.17, 15) is 0 Å². The Labute approximate surface area is 105 Å². The van der Waals surface area contributed by atoms with E-state index in [4.69, 9.17) is 16.3 Å². The minimum Gasteiger partial charge on any atom is -0.381 e. The summed E-state index contributed by atoms with van der Waals surface area (Å²) in [7, 11) is 1.82. The van der Waals surface area contributed by atoms with Crippen molar-refractivity contribution >= 4 is 11.6 Å². The summed E-state index contributed by atoms with van der Waals surface area (Å²) in [6.45, 7) is 5.37. The summed E-state index contributed by atoms with van der Waals surface area (Å²) in [4.78, 5) is 0. The van der Waals surface area contributed by atoms with Crippen LogP contribution in [-0.4, -0.2) is 31.2 Å². The highest BCUT2D eigenvalue weighted by atomic mass is 35.5. The van der Waals surface area contributed by atoms with E-state index in [0.29, 0.717) is 18.1 Å². The highest BCUT2D eigenvalue weighted by Crippen LogP contribution is 2.21. The number of hydrogen-bond donors (Lipinski definition) is 1. The van der Waals surface area contributed by atoms with Crippen LogP contribution >= 0.6 is 11.6 Å². The van der Waals surface area contributed by atoms with Gasteiger partial charge in [0, 0.05) is 25.1 Å². The molecule has 2 nitrogen and oxygen atoms in total. The van der Waals surface area contributed by atoms with Crippen molar-refractivity contribution in [1.82, 2.24) is 5.32 Å². The first kappa shape index (κ1) is 14.3. The molecular formula is C13H26ClNO. The fourth-order valence-corrected chi connectivity index (χ4v) is 2.88. The summed E-state index contributed by atoms with van der Waals surface area (Å²) in [5.74, 6) is 0.683. The molecule has 1 saturated carbocycles. The maximum atomic E-state index is 6.27. The van der Waals surface area contributed by atoms with Crippen LogP contribution in [0.15, 0.2) is 0 Å². The van der Waals surface area contributed by atoms with Crippen LogP contribution in [-0.2, 0) is 4.74 Å². The highest BCUT2D eigenvalue weighted by Gasteiger charge is 2.21. The lowest BCUT2D eigenvalue weighted by atomic mass is 9.92. The van der Waals surface area contributed by atoms with Gasteiger partial charge in [0.2, 0.25) is 0 Å². The monoisotopic (exact) mass is 247 g/mol. The maximum Gasteiger partial charge on any atom is 0.0586 e. The molecule has 1 aliphatic rings. The molecule has 0 saturated heterocycles. The Bertz CT molecular complexity index is 187. The van der Waals surface area contributed by atoms with Crippen molar-refractivity contribution in [3.8, 4) is 0 Å². The van der Waals surface area contributed by atoms with Gasteiger partial charge in [-0.1, -0.05) is 13.8 Å². The van der Waals surface area contributed by atoms with Gasteiger partial charge in [0.15, 0.2) is 0 Å². The maximum absolute atomic E-state index is 6.27. The Morgan fingerprint density at radius 3 is 2.75 bits per heavy atom. The molecule has 0 aliphatic heterocycles. The van der Waals surface area contributed by atoms with Crippen molar-refractivity contribution in [1.29, 1.82) is 0 Å². The van der Waals surface area contributed by atoms with Crippen LogP contribution in [0.4, 0.5) is 0 Å². The average molecular weight is 248 g/mol. The van der Waals surface area contributed by atoms with Gasteiger partial charge in [0.25, 0.3) is 0 Å². The molecule has 1 rings (SSSR count). The lowest BCUT2D eigenvalue weighted by Gasteiger charge is -2.29. The molecule has 0 radical (unpaired) electrons. The highest BCUT2D eigenvalue weighted by molar-refractivity contribution is 6.20. The van der Waals surface area contributed by atoms with Crippen LogP contribution in [0, 0.1) is 5.92 Å². The van der Waals surface area contributed by atoms with E-state index in [1.54, 1.807) is 0 Å². The van der Waals surface area contributed by atoms with Crippen molar-refractivity contribution in [2.45, 2.75) is 63.5 Å². The third-order valence-corrected chi connectivity index (χ3v) is 3.65. The minimum absolute atomic E-state index is 0.267. The number of alkyl halides is 1. The molecule has 16 heavy (non-hydrogen) atoms. The van der Waals surface area contributed by atoms with Gasteiger partial charge in [-0.2, -0.15) is 0 Å². The van der Waals surface area contributed by atoms with Gasteiger partial charge in [0.05, 0.1) is 6.10 Å². The summed E-state index contributed by atoms with van der Waals surface area (Å²) < 4.78 is 5.42. The molecule has 0 aromatic rings. The molecule has 0 heterocycles. The molecule has 3 atom stereocenters. The third-order valence-electron chi connectivity index (χ3n) is 3.31.